The van der Waals surface area contributed by atoms with Gasteiger partial charge in [-0.1, -0.05) is 0 Å². The lowest BCUT2D eigenvalue weighted by molar-refractivity contribution is -0.0366. The van der Waals surface area contributed by atoms with E-state index in [9.17, 15) is 4.79 Å². The Bertz CT molecular complexity index is 1220. The second kappa shape index (κ2) is 13.6. The van der Waals surface area contributed by atoms with Crippen LogP contribution in [0, 0.1) is 0 Å². The van der Waals surface area contributed by atoms with Gasteiger partial charge in [-0.25, -0.2) is 14.5 Å². The molecule has 1 amide bonds. The minimum absolute atomic E-state index is 0.0560. The molecule has 0 spiro atoms. The molecule has 1 unspecified atom stereocenters. The molecular weight excluding hydrogens is 498 g/mol. The highest BCUT2D eigenvalue weighted by Gasteiger charge is 2.20. The van der Waals surface area contributed by atoms with Crippen molar-refractivity contribution in [2.45, 2.75) is 64.7 Å². The minimum atomic E-state index is -0.487. The number of hydrogen-bond acceptors (Lipinski definition) is 8. The van der Waals surface area contributed by atoms with Crippen LogP contribution in [0.1, 0.15) is 59.1 Å². The Morgan fingerprint density at radius 3 is 2.77 bits per heavy atom. The fourth-order valence-electron chi connectivity index (χ4n) is 4.50. The molecule has 2 aromatic heterocycles. The van der Waals surface area contributed by atoms with Gasteiger partial charge in [-0.2, -0.15) is 5.10 Å². The third-order valence-electron chi connectivity index (χ3n) is 6.37. The van der Waals surface area contributed by atoms with Gasteiger partial charge in [-0.3, -0.25) is 0 Å². The lowest BCUT2D eigenvalue weighted by Gasteiger charge is -2.23. The number of nitrogens with zero attached hydrogens (tertiary/aromatic N) is 3. The Hall–Kier alpha value is -3.37. The van der Waals surface area contributed by atoms with E-state index < -0.39 is 5.60 Å². The largest absolute Gasteiger partial charge is 0.481 e. The van der Waals surface area contributed by atoms with Crippen LogP contribution in [0.5, 0.6) is 5.88 Å². The average molecular weight is 540 g/mol. The molecule has 0 saturated carbocycles. The first kappa shape index (κ1) is 28.6. The number of anilines is 1. The van der Waals surface area contributed by atoms with Crippen molar-refractivity contribution in [2.75, 3.05) is 45.3 Å². The molecule has 3 heterocycles. The molecule has 1 aliphatic heterocycles. The van der Waals surface area contributed by atoms with Crippen LogP contribution < -0.4 is 15.4 Å². The highest BCUT2D eigenvalue weighted by Crippen LogP contribution is 2.34. The maximum atomic E-state index is 11.7. The maximum absolute atomic E-state index is 11.7. The molecule has 0 bridgehead atoms. The van der Waals surface area contributed by atoms with Crippen molar-refractivity contribution < 1.29 is 23.7 Å². The predicted molar refractivity (Wildman–Crippen MR) is 151 cm³/mol. The highest BCUT2D eigenvalue weighted by atomic mass is 16.6. The van der Waals surface area contributed by atoms with Gasteiger partial charge >= 0.3 is 6.09 Å². The summed E-state index contributed by atoms with van der Waals surface area (Å²) >= 11 is 0. The molecular formula is C29H41N5O5. The molecule has 4 rings (SSSR count). The summed E-state index contributed by atoms with van der Waals surface area (Å²) in [6.45, 7) is 8.72. The van der Waals surface area contributed by atoms with E-state index in [1.165, 1.54) is 0 Å². The quantitative estimate of drug-likeness (QED) is 0.289. The van der Waals surface area contributed by atoms with Crippen LogP contribution in [-0.2, 0) is 14.2 Å². The van der Waals surface area contributed by atoms with Gasteiger partial charge in [0, 0.05) is 49.6 Å². The van der Waals surface area contributed by atoms with E-state index in [2.05, 4.69) is 27.8 Å². The number of fused-ring (bicyclic) bond motifs is 1. The molecule has 212 valence electrons. The van der Waals surface area contributed by atoms with Crippen LogP contribution in [0.4, 0.5) is 10.5 Å². The zero-order chi connectivity index (χ0) is 27.7. The fraction of sp³-hybridized carbons (Fsp3) is 0.552. The molecule has 1 atom stereocenters. The predicted octanol–water partition coefficient (Wildman–Crippen LogP) is 5.54. The first-order valence-corrected chi connectivity index (χ1v) is 13.8. The number of ether oxygens (including phenoxy) is 4. The lowest BCUT2D eigenvalue weighted by atomic mass is 10.0. The second-order valence-electron chi connectivity index (χ2n) is 10.6. The monoisotopic (exact) mass is 539 g/mol. The van der Waals surface area contributed by atoms with Crippen LogP contribution in [0.15, 0.2) is 36.7 Å². The van der Waals surface area contributed by atoms with Gasteiger partial charge in [-0.05, 0) is 82.2 Å². The highest BCUT2D eigenvalue weighted by molar-refractivity contribution is 5.95. The molecule has 1 aliphatic rings. The SMILES string of the molecule is COc1cc(-c2cc(NCCOCCCCNC(=O)OC(C)(C)C)c3cnn(C4CCCCO4)c3c2)ccn1. The first-order chi connectivity index (χ1) is 18.8. The molecule has 1 saturated heterocycles. The zero-order valence-electron chi connectivity index (χ0n) is 23.5. The molecule has 10 heteroatoms. The number of amides is 1. The Labute approximate surface area is 230 Å². The summed E-state index contributed by atoms with van der Waals surface area (Å²) in [6.07, 6.45) is 8.07. The van der Waals surface area contributed by atoms with E-state index in [0.717, 1.165) is 66.4 Å². The first-order valence-electron chi connectivity index (χ1n) is 13.8. The number of aromatic nitrogens is 3. The van der Waals surface area contributed by atoms with Crippen molar-refractivity contribution in [1.29, 1.82) is 0 Å². The molecule has 1 aromatic carbocycles. The van der Waals surface area contributed by atoms with Gasteiger partial charge < -0.3 is 29.6 Å². The van der Waals surface area contributed by atoms with Crippen LogP contribution in [0.2, 0.25) is 0 Å². The minimum Gasteiger partial charge on any atom is -0.481 e. The Balaban J connectivity index is 1.35. The van der Waals surface area contributed by atoms with Gasteiger partial charge in [0.15, 0.2) is 6.23 Å². The molecule has 0 aliphatic carbocycles. The average Bonchev–Trinajstić information content (AvgIpc) is 3.36. The molecule has 2 N–H and O–H groups in total. The molecule has 39 heavy (non-hydrogen) atoms. The third-order valence-corrected chi connectivity index (χ3v) is 6.37. The maximum Gasteiger partial charge on any atom is 0.407 e. The number of pyridine rings is 1. The summed E-state index contributed by atoms with van der Waals surface area (Å²) in [4.78, 5) is 16.0. The van der Waals surface area contributed by atoms with Crippen molar-refractivity contribution in [2.24, 2.45) is 0 Å². The van der Waals surface area contributed by atoms with Crippen molar-refractivity contribution in [1.82, 2.24) is 20.1 Å². The van der Waals surface area contributed by atoms with Crippen molar-refractivity contribution in [3.63, 3.8) is 0 Å². The van der Waals surface area contributed by atoms with Crippen LogP contribution in [-0.4, -0.2) is 66.5 Å². The van der Waals surface area contributed by atoms with Gasteiger partial charge in [0.1, 0.15) is 5.60 Å². The summed E-state index contributed by atoms with van der Waals surface area (Å²) in [6, 6.07) is 8.20. The topological polar surface area (TPSA) is 109 Å². The Morgan fingerprint density at radius 1 is 1.13 bits per heavy atom. The Kier molecular flexibility index (Phi) is 10.00. The number of benzene rings is 1. The standard InChI is InChI=1S/C29H41N5O5/c1-29(2,3)39-28(35)32-11-6-8-14-37-16-13-30-24-17-22(21-10-12-31-26(19-21)36-4)18-25-23(24)20-33-34(25)27-9-5-7-15-38-27/h10,12,17-20,27,30H,5-9,11,13-16H2,1-4H3,(H,32,35). The molecule has 1 fully saturated rings. The zero-order valence-corrected chi connectivity index (χ0v) is 23.5. The van der Waals surface area contributed by atoms with Gasteiger partial charge in [0.05, 0.1) is 25.4 Å². The van der Waals surface area contributed by atoms with E-state index in [-0.39, 0.29) is 12.3 Å². The number of alkyl carbamates (subject to hydrolysis) is 1. The number of carbonyl (C=O) groups excluding carboxylic acids is 1. The molecule has 10 nitrogen and oxygen atoms in total. The van der Waals surface area contributed by atoms with Crippen molar-refractivity contribution in [3.8, 4) is 17.0 Å². The molecule has 0 radical (unpaired) electrons. The van der Waals surface area contributed by atoms with Crippen molar-refractivity contribution >= 4 is 22.7 Å². The lowest BCUT2D eigenvalue weighted by Crippen LogP contribution is -2.33. The van der Waals surface area contributed by atoms with Crippen LogP contribution >= 0.6 is 0 Å². The number of methoxy groups -OCH3 is 1. The van der Waals surface area contributed by atoms with Crippen LogP contribution in [0.3, 0.4) is 0 Å². The normalized spacial score (nSPS) is 15.7. The summed E-state index contributed by atoms with van der Waals surface area (Å²) in [5.74, 6) is 0.570. The summed E-state index contributed by atoms with van der Waals surface area (Å²) in [5.41, 5.74) is 3.59. The van der Waals surface area contributed by atoms with Crippen molar-refractivity contribution in [3.05, 3.63) is 36.7 Å². The van der Waals surface area contributed by atoms with Crippen LogP contribution in [0.25, 0.3) is 22.0 Å². The van der Waals surface area contributed by atoms with Gasteiger partial charge in [-0.15, -0.1) is 0 Å². The molecule has 3 aromatic rings. The Morgan fingerprint density at radius 2 is 2.00 bits per heavy atom. The second-order valence-corrected chi connectivity index (χ2v) is 10.6. The van der Waals surface area contributed by atoms with E-state index in [0.29, 0.717) is 32.2 Å². The summed E-state index contributed by atoms with van der Waals surface area (Å²) in [5, 5.41) is 12.1. The third kappa shape index (κ3) is 8.31. The van der Waals surface area contributed by atoms with E-state index in [1.54, 1.807) is 13.3 Å². The van der Waals surface area contributed by atoms with Gasteiger partial charge in [0.25, 0.3) is 0 Å². The number of hydrogen-bond donors (Lipinski definition) is 2. The number of unbranched alkanes of at least 4 members (excludes halogenated alkanes) is 1. The van der Waals surface area contributed by atoms with E-state index in [4.69, 9.17) is 24.0 Å². The fourth-order valence-corrected chi connectivity index (χ4v) is 4.50. The smallest absolute Gasteiger partial charge is 0.407 e. The van der Waals surface area contributed by atoms with Gasteiger partial charge in [0.2, 0.25) is 5.88 Å². The number of carbonyl (C=O) groups is 1. The number of rotatable bonds is 12. The van der Waals surface area contributed by atoms with E-state index >= 15 is 0 Å². The number of nitrogens with one attached hydrogen (secondary N) is 2. The van der Waals surface area contributed by atoms with E-state index in [1.807, 2.05) is 43.8 Å². The summed E-state index contributed by atoms with van der Waals surface area (Å²) < 4.78 is 24.5. The summed E-state index contributed by atoms with van der Waals surface area (Å²) in [7, 11) is 1.62.